The van der Waals surface area contributed by atoms with Gasteiger partial charge in [0, 0.05) is 17.9 Å². The van der Waals surface area contributed by atoms with Gasteiger partial charge in [-0.15, -0.1) is 11.8 Å². The maximum atomic E-state index is 4.68. The van der Waals surface area contributed by atoms with Crippen molar-refractivity contribution < 1.29 is 4.42 Å². The molecule has 0 bridgehead atoms. The van der Waals surface area contributed by atoms with Gasteiger partial charge in [0.25, 0.3) is 0 Å². The van der Waals surface area contributed by atoms with Crippen LogP contribution < -0.4 is 0 Å². The SMILES string of the molecule is C1=CCSC=C1.c1cc[o+]cc1. The minimum absolute atomic E-state index is 1.15. The van der Waals surface area contributed by atoms with Gasteiger partial charge in [-0.1, -0.05) is 18.2 Å². The summed E-state index contributed by atoms with van der Waals surface area (Å²) in [5, 5.41) is 2.10. The molecular formula is C10H11OS+. The number of hydrogen-bond acceptors (Lipinski definition) is 1. The van der Waals surface area contributed by atoms with E-state index in [1.165, 1.54) is 0 Å². The smallest absolute Gasteiger partial charge is 0.224 e. The fraction of sp³-hybridized carbons (Fsp3) is 0.100. The van der Waals surface area contributed by atoms with Crippen LogP contribution in [0.15, 0.2) is 58.8 Å². The van der Waals surface area contributed by atoms with Gasteiger partial charge in [0.05, 0.1) is 0 Å². The van der Waals surface area contributed by atoms with Crippen LogP contribution in [0, 0.1) is 0 Å². The molecule has 0 radical (unpaired) electrons. The van der Waals surface area contributed by atoms with E-state index in [2.05, 4.69) is 22.0 Å². The van der Waals surface area contributed by atoms with Crippen molar-refractivity contribution in [2.75, 3.05) is 5.75 Å². The first-order valence-electron chi connectivity index (χ1n) is 3.74. The molecule has 0 saturated heterocycles. The van der Waals surface area contributed by atoms with Crippen molar-refractivity contribution in [2.24, 2.45) is 0 Å². The van der Waals surface area contributed by atoms with Crippen LogP contribution in [0.4, 0.5) is 0 Å². The highest BCUT2D eigenvalue weighted by molar-refractivity contribution is 8.02. The Labute approximate surface area is 76.8 Å². The predicted octanol–water partition coefficient (Wildman–Crippen LogP) is 3.36. The van der Waals surface area contributed by atoms with E-state index in [-0.39, 0.29) is 0 Å². The largest absolute Gasteiger partial charge is 0.317 e. The van der Waals surface area contributed by atoms with E-state index in [0.29, 0.717) is 0 Å². The second-order valence-corrected chi connectivity index (χ2v) is 3.01. The summed E-state index contributed by atoms with van der Waals surface area (Å²) in [6.07, 6.45) is 9.51. The molecule has 1 aliphatic rings. The Morgan fingerprint density at radius 1 is 1.00 bits per heavy atom. The lowest BCUT2D eigenvalue weighted by Gasteiger charge is -1.88. The zero-order valence-electron chi connectivity index (χ0n) is 6.72. The third kappa shape index (κ3) is 4.74. The van der Waals surface area contributed by atoms with E-state index in [4.69, 9.17) is 0 Å². The molecule has 12 heavy (non-hydrogen) atoms. The van der Waals surface area contributed by atoms with Crippen LogP contribution >= 0.6 is 11.8 Å². The summed E-state index contributed by atoms with van der Waals surface area (Å²) < 4.78 is 4.68. The molecule has 1 aliphatic heterocycles. The molecule has 1 aromatic rings. The van der Waals surface area contributed by atoms with E-state index in [9.17, 15) is 0 Å². The summed E-state index contributed by atoms with van der Waals surface area (Å²) in [6.45, 7) is 0. The number of hydrogen-bond donors (Lipinski definition) is 0. The van der Waals surface area contributed by atoms with Gasteiger partial charge in [0.2, 0.25) is 0 Å². The van der Waals surface area contributed by atoms with Gasteiger partial charge in [-0.3, -0.25) is 0 Å². The Balaban J connectivity index is 0.000000120. The molecule has 1 aromatic heterocycles. The minimum Gasteiger partial charge on any atom is -0.224 e. The Kier molecular flexibility index (Phi) is 5.05. The fourth-order valence-corrected chi connectivity index (χ4v) is 1.17. The number of allylic oxidation sites excluding steroid dienone is 2. The quantitative estimate of drug-likeness (QED) is 0.566. The lowest BCUT2D eigenvalue weighted by Crippen LogP contribution is -1.67. The molecule has 0 spiro atoms. The molecule has 0 N–H and O–H groups in total. The van der Waals surface area contributed by atoms with Crippen molar-refractivity contribution in [1.82, 2.24) is 0 Å². The topological polar surface area (TPSA) is 11.3 Å². The van der Waals surface area contributed by atoms with Crippen molar-refractivity contribution in [2.45, 2.75) is 0 Å². The van der Waals surface area contributed by atoms with Crippen LogP contribution in [0.3, 0.4) is 0 Å². The highest BCUT2D eigenvalue weighted by Gasteiger charge is 1.77. The number of thioether (sulfide) groups is 1. The molecule has 0 saturated carbocycles. The van der Waals surface area contributed by atoms with E-state index in [1.54, 1.807) is 12.5 Å². The van der Waals surface area contributed by atoms with E-state index >= 15 is 0 Å². The summed E-state index contributed by atoms with van der Waals surface area (Å²) in [6, 6.07) is 5.57. The molecule has 2 heteroatoms. The van der Waals surface area contributed by atoms with Crippen LogP contribution in [0.25, 0.3) is 0 Å². The highest BCUT2D eigenvalue weighted by Crippen LogP contribution is 2.05. The molecule has 0 atom stereocenters. The predicted molar refractivity (Wildman–Crippen MR) is 53.9 cm³/mol. The second-order valence-electron chi connectivity index (χ2n) is 2.08. The van der Waals surface area contributed by atoms with E-state index in [0.717, 1.165) is 5.75 Å². The molecule has 0 aromatic carbocycles. The third-order valence-corrected chi connectivity index (χ3v) is 1.89. The second kappa shape index (κ2) is 6.68. The molecule has 2 heterocycles. The zero-order valence-corrected chi connectivity index (χ0v) is 7.54. The van der Waals surface area contributed by atoms with Gasteiger partial charge >= 0.3 is 12.5 Å². The maximum absolute atomic E-state index is 4.68. The zero-order chi connectivity index (χ0) is 8.49. The molecule has 62 valence electrons. The van der Waals surface area contributed by atoms with Crippen LogP contribution in [0.2, 0.25) is 0 Å². The molecule has 1 nitrogen and oxygen atoms in total. The molecule has 2 rings (SSSR count). The van der Waals surface area contributed by atoms with Gasteiger partial charge in [-0.25, -0.2) is 4.42 Å². The summed E-state index contributed by atoms with van der Waals surface area (Å²) in [5.74, 6) is 1.15. The van der Waals surface area contributed by atoms with Crippen molar-refractivity contribution >= 4 is 11.8 Å². The summed E-state index contributed by atoms with van der Waals surface area (Å²) in [5.41, 5.74) is 0. The molecule has 0 amide bonds. The Bertz CT molecular complexity index is 203. The van der Waals surface area contributed by atoms with Crippen molar-refractivity contribution in [3.05, 3.63) is 54.4 Å². The van der Waals surface area contributed by atoms with Gasteiger partial charge in [-0.2, -0.15) is 0 Å². The average Bonchev–Trinajstić information content (AvgIpc) is 2.24. The number of rotatable bonds is 0. The first-order chi connectivity index (χ1) is 6.00. The first-order valence-corrected chi connectivity index (χ1v) is 4.79. The Hall–Kier alpha value is -1.02. The first kappa shape index (κ1) is 9.07. The van der Waals surface area contributed by atoms with Crippen LogP contribution in [0.1, 0.15) is 0 Å². The van der Waals surface area contributed by atoms with Crippen molar-refractivity contribution in [3.63, 3.8) is 0 Å². The fourth-order valence-electron chi connectivity index (χ4n) is 0.637. The van der Waals surface area contributed by atoms with E-state index in [1.807, 2.05) is 36.0 Å². The van der Waals surface area contributed by atoms with Gasteiger partial charge in [-0.05, 0) is 11.5 Å². The van der Waals surface area contributed by atoms with E-state index < -0.39 is 0 Å². The van der Waals surface area contributed by atoms with Crippen molar-refractivity contribution in [1.29, 1.82) is 0 Å². The lowest BCUT2D eigenvalue weighted by molar-refractivity contribution is 0.550. The third-order valence-electron chi connectivity index (χ3n) is 1.15. The van der Waals surface area contributed by atoms with Crippen molar-refractivity contribution in [3.8, 4) is 0 Å². The minimum atomic E-state index is 1.15. The van der Waals surface area contributed by atoms with Crippen LogP contribution in [-0.2, 0) is 0 Å². The summed E-state index contributed by atoms with van der Waals surface area (Å²) >= 11 is 1.83. The monoisotopic (exact) mass is 179 g/mol. The highest BCUT2D eigenvalue weighted by atomic mass is 32.2. The van der Waals surface area contributed by atoms with Gasteiger partial charge < -0.3 is 0 Å². The lowest BCUT2D eigenvalue weighted by atomic mass is 10.5. The Morgan fingerprint density at radius 3 is 2.00 bits per heavy atom. The van der Waals surface area contributed by atoms with Crippen LogP contribution in [0.5, 0.6) is 0 Å². The normalized spacial score (nSPS) is 13.3. The van der Waals surface area contributed by atoms with Gasteiger partial charge in [0.15, 0.2) is 0 Å². The molecule has 0 fully saturated rings. The molecular weight excluding hydrogens is 168 g/mol. The summed E-state index contributed by atoms with van der Waals surface area (Å²) in [4.78, 5) is 0. The maximum Gasteiger partial charge on any atom is 0.317 e. The molecule has 0 unspecified atom stereocenters. The average molecular weight is 179 g/mol. The standard InChI is InChI=1S/C5H5O.C5H6S/c2*1-2-4-6-5-3-1/h1-5H;1-4H,5H2/q+1;. The summed E-state index contributed by atoms with van der Waals surface area (Å²) in [7, 11) is 0. The molecule has 0 aliphatic carbocycles. The van der Waals surface area contributed by atoms with Crippen LogP contribution in [-0.4, -0.2) is 5.75 Å². The Morgan fingerprint density at radius 2 is 1.83 bits per heavy atom. The van der Waals surface area contributed by atoms with Gasteiger partial charge in [0.1, 0.15) is 0 Å².